The predicted octanol–water partition coefficient (Wildman–Crippen LogP) is -2.05. The average Bonchev–Trinajstić information content (AvgIpc) is 2.34. The predicted molar refractivity (Wildman–Crippen MR) is 33.5 cm³/mol. The molecule has 0 fully saturated rings. The van der Waals surface area contributed by atoms with Crippen LogP contribution in [0.5, 0.6) is 0 Å². The molecule has 0 aromatic rings. The third kappa shape index (κ3) is 1.14. The number of hydroxylamine groups is 2. The molecule has 5 nitrogen and oxygen atoms in total. The number of nitrogens with zero attached hydrogens (tertiary/aromatic N) is 1. The van der Waals surface area contributed by atoms with Gasteiger partial charge in [-0.3, -0.25) is 0 Å². The largest absolute Gasteiger partial charge is 0.627 e. The maximum atomic E-state index is 10.7. The van der Waals surface area contributed by atoms with Crippen molar-refractivity contribution in [2.45, 2.75) is 0 Å². The minimum absolute atomic E-state index is 0.0394. The summed E-state index contributed by atoms with van der Waals surface area (Å²) in [6, 6.07) is 0. The lowest BCUT2D eigenvalue weighted by Gasteiger charge is -2.13. The second-order valence-corrected chi connectivity index (χ2v) is 1.90. The Balaban J connectivity index is 2.63. The number of carbonyl (C=O) groups excluding carboxylic acids is 1. The van der Waals surface area contributed by atoms with Gasteiger partial charge >= 0.3 is 11.8 Å². The molecule has 1 unspecified atom stereocenters. The number of hydrogen-bond donors (Lipinski definition) is 1. The first-order valence-electron chi connectivity index (χ1n) is 2.91. The maximum absolute atomic E-state index is 10.7. The maximum Gasteiger partial charge on any atom is 0.413 e. The van der Waals surface area contributed by atoms with Crippen molar-refractivity contribution in [3.05, 3.63) is 5.21 Å². The first-order chi connectivity index (χ1) is 4.75. The van der Waals surface area contributed by atoms with Crippen LogP contribution in [0.1, 0.15) is 0 Å². The third-order valence-corrected chi connectivity index (χ3v) is 1.25. The monoisotopic (exact) mass is 144 g/mol. The minimum Gasteiger partial charge on any atom is -0.627 e. The summed E-state index contributed by atoms with van der Waals surface area (Å²) in [5.74, 6) is -0.662. The molecule has 0 aliphatic carbocycles. The number of methoxy groups -OCH3 is 1. The van der Waals surface area contributed by atoms with Crippen LogP contribution in [0.2, 0.25) is 0 Å². The molecule has 1 aliphatic rings. The van der Waals surface area contributed by atoms with Crippen LogP contribution in [-0.4, -0.2) is 32.0 Å². The van der Waals surface area contributed by atoms with Gasteiger partial charge in [0.1, 0.15) is 6.54 Å². The molecule has 0 saturated carbocycles. The van der Waals surface area contributed by atoms with Crippen molar-refractivity contribution >= 4 is 11.8 Å². The highest BCUT2D eigenvalue weighted by Gasteiger charge is 2.23. The van der Waals surface area contributed by atoms with Crippen molar-refractivity contribution < 1.29 is 14.6 Å². The van der Waals surface area contributed by atoms with E-state index in [4.69, 9.17) is 0 Å². The molecule has 10 heavy (non-hydrogen) atoms. The molecule has 0 saturated heterocycles. The van der Waals surface area contributed by atoms with E-state index in [0.717, 1.165) is 0 Å². The highest BCUT2D eigenvalue weighted by molar-refractivity contribution is 6.31. The van der Waals surface area contributed by atoms with E-state index in [0.29, 0.717) is 13.1 Å². The Morgan fingerprint density at radius 2 is 2.60 bits per heavy atom. The minimum atomic E-state index is -0.623. The van der Waals surface area contributed by atoms with Gasteiger partial charge in [0.05, 0.1) is 13.7 Å². The van der Waals surface area contributed by atoms with E-state index in [-0.39, 0.29) is 10.9 Å². The lowest BCUT2D eigenvalue weighted by atomic mass is 10.6. The fraction of sp³-hybridized carbons (Fsp3) is 0.600. The van der Waals surface area contributed by atoms with Gasteiger partial charge in [0.15, 0.2) is 0 Å². The van der Waals surface area contributed by atoms with Crippen LogP contribution in [0, 0.1) is 5.21 Å². The molecule has 0 amide bonds. The second-order valence-electron chi connectivity index (χ2n) is 1.90. The van der Waals surface area contributed by atoms with Crippen molar-refractivity contribution in [1.82, 2.24) is 0 Å². The molecule has 1 N–H and O–H groups in total. The lowest BCUT2D eigenvalue weighted by molar-refractivity contribution is -0.737. The van der Waals surface area contributed by atoms with Crippen molar-refractivity contribution in [3.8, 4) is 0 Å². The van der Waals surface area contributed by atoms with Gasteiger partial charge in [-0.25, -0.2) is 9.79 Å². The Morgan fingerprint density at radius 1 is 1.90 bits per heavy atom. The molecular formula is C5H8N2O3. The number of aliphatic imine (C=N–C) groups is 1. The van der Waals surface area contributed by atoms with Crippen molar-refractivity contribution in [3.63, 3.8) is 0 Å². The summed E-state index contributed by atoms with van der Waals surface area (Å²) in [6.07, 6.45) is 0. The summed E-state index contributed by atoms with van der Waals surface area (Å²) in [4.78, 5) is 14.3. The summed E-state index contributed by atoms with van der Waals surface area (Å²) >= 11 is 0. The fourth-order valence-corrected chi connectivity index (χ4v) is 0.751. The number of nitrogens with one attached hydrogen (secondary N) is 1. The van der Waals surface area contributed by atoms with E-state index >= 15 is 0 Å². The van der Waals surface area contributed by atoms with Gasteiger partial charge < -0.3 is 15.0 Å². The first-order valence-corrected chi connectivity index (χ1v) is 2.91. The number of hydrogen-bond acceptors (Lipinski definition) is 4. The Labute approximate surface area is 57.9 Å². The Kier molecular flexibility index (Phi) is 1.98. The molecule has 56 valence electrons. The molecule has 1 rings (SSSR count). The number of quaternary nitrogens is 1. The zero-order valence-electron chi connectivity index (χ0n) is 5.59. The molecule has 1 heterocycles. The fourth-order valence-electron chi connectivity index (χ4n) is 0.751. The van der Waals surface area contributed by atoms with Crippen LogP contribution < -0.4 is 5.06 Å². The van der Waals surface area contributed by atoms with Gasteiger partial charge in [-0.15, -0.1) is 0 Å². The van der Waals surface area contributed by atoms with Gasteiger partial charge in [-0.05, 0) is 0 Å². The lowest BCUT2D eigenvalue weighted by Crippen LogP contribution is -3.09. The average molecular weight is 144 g/mol. The number of esters is 1. The van der Waals surface area contributed by atoms with E-state index in [9.17, 15) is 10.0 Å². The molecule has 0 radical (unpaired) electrons. The van der Waals surface area contributed by atoms with Crippen LogP contribution in [0.15, 0.2) is 4.99 Å². The van der Waals surface area contributed by atoms with Crippen molar-refractivity contribution in [2.75, 3.05) is 20.2 Å². The molecule has 1 atom stereocenters. The normalized spacial score (nSPS) is 24.2. The van der Waals surface area contributed by atoms with Gasteiger partial charge in [-0.1, -0.05) is 0 Å². The van der Waals surface area contributed by atoms with E-state index in [1.54, 1.807) is 0 Å². The summed E-state index contributed by atoms with van der Waals surface area (Å²) in [7, 11) is 1.23. The molecule has 5 heteroatoms. The standard InChI is InChI=1S/C5H8N2O3/c1-10-5(8)4-6-2-3-7(4)9/h7H,2-3H2,1H3. The van der Waals surface area contributed by atoms with E-state index < -0.39 is 5.97 Å². The summed E-state index contributed by atoms with van der Waals surface area (Å²) < 4.78 is 4.31. The zero-order valence-corrected chi connectivity index (χ0v) is 5.59. The zero-order chi connectivity index (χ0) is 7.56. The topological polar surface area (TPSA) is 66.2 Å². The number of rotatable bonds is 1. The molecule has 0 aromatic carbocycles. The summed E-state index contributed by atoms with van der Waals surface area (Å²) in [5.41, 5.74) is 0. The Bertz CT molecular complexity index is 178. The Hall–Kier alpha value is -0.940. The number of ether oxygens (including phenoxy) is 1. The van der Waals surface area contributed by atoms with Gasteiger partial charge in [0, 0.05) is 0 Å². The highest BCUT2D eigenvalue weighted by Crippen LogP contribution is 1.81. The summed E-state index contributed by atoms with van der Waals surface area (Å²) in [5, 5.41) is 10.5. The van der Waals surface area contributed by atoms with Crippen LogP contribution >= 0.6 is 0 Å². The van der Waals surface area contributed by atoms with Crippen molar-refractivity contribution in [2.24, 2.45) is 4.99 Å². The molecule has 1 aliphatic heterocycles. The van der Waals surface area contributed by atoms with Crippen molar-refractivity contribution in [1.29, 1.82) is 0 Å². The summed E-state index contributed by atoms with van der Waals surface area (Å²) in [6.45, 7) is 0.758. The van der Waals surface area contributed by atoms with E-state index in [1.807, 2.05) is 0 Å². The van der Waals surface area contributed by atoms with Crippen LogP contribution in [0.4, 0.5) is 0 Å². The molecule has 0 spiro atoms. The molecule has 0 aromatic heterocycles. The second kappa shape index (κ2) is 2.76. The highest BCUT2D eigenvalue weighted by atomic mass is 16.5. The SMILES string of the molecule is COC(=O)C1=NCC[NH+]1[O-]. The molecule has 0 bridgehead atoms. The first kappa shape index (κ1) is 7.17. The number of amidine groups is 1. The Morgan fingerprint density at radius 3 is 3.00 bits per heavy atom. The quantitative estimate of drug-likeness (QED) is 0.340. The van der Waals surface area contributed by atoms with Crippen LogP contribution in [-0.2, 0) is 9.53 Å². The third-order valence-electron chi connectivity index (χ3n) is 1.25. The van der Waals surface area contributed by atoms with E-state index in [2.05, 4.69) is 9.73 Å². The van der Waals surface area contributed by atoms with Gasteiger partial charge in [0.2, 0.25) is 0 Å². The van der Waals surface area contributed by atoms with Crippen LogP contribution in [0.3, 0.4) is 0 Å². The van der Waals surface area contributed by atoms with E-state index in [1.165, 1.54) is 7.11 Å². The number of carbonyl (C=O) groups is 1. The van der Waals surface area contributed by atoms with Gasteiger partial charge in [0.25, 0.3) is 0 Å². The van der Waals surface area contributed by atoms with Gasteiger partial charge in [-0.2, -0.15) is 0 Å². The smallest absolute Gasteiger partial charge is 0.413 e. The van der Waals surface area contributed by atoms with Crippen LogP contribution in [0.25, 0.3) is 0 Å². The molecular weight excluding hydrogens is 136 g/mol.